The number of benzene rings is 4. The Morgan fingerprint density at radius 3 is 1.68 bits per heavy atom. The van der Waals surface area contributed by atoms with Crippen LogP contribution in [0.3, 0.4) is 0 Å². The van der Waals surface area contributed by atoms with E-state index in [1.165, 1.54) is 16.7 Å². The third-order valence-electron chi connectivity index (χ3n) is 5.49. The first-order valence-corrected chi connectivity index (χ1v) is 10.9. The van der Waals surface area contributed by atoms with Gasteiger partial charge in [-0.1, -0.05) is 86.1 Å². The second kappa shape index (κ2) is 9.61. The first kappa shape index (κ1) is 20.9. The lowest BCUT2D eigenvalue weighted by molar-refractivity contribution is 0.340. The van der Waals surface area contributed by atoms with Gasteiger partial charge in [-0.05, 0) is 64.9 Å². The fourth-order valence-corrected chi connectivity index (χ4v) is 3.83. The molecule has 1 nitrogen and oxygen atoms in total. The molecule has 0 heterocycles. The van der Waals surface area contributed by atoms with Crippen molar-refractivity contribution in [3.63, 3.8) is 0 Å². The summed E-state index contributed by atoms with van der Waals surface area (Å²) in [6, 6.07) is 30.0. The van der Waals surface area contributed by atoms with Crippen molar-refractivity contribution in [2.75, 3.05) is 6.61 Å². The number of aryl methyl sites for hydroxylation is 1. The zero-order chi connectivity index (χ0) is 21.6. The molecule has 0 atom stereocenters. The van der Waals surface area contributed by atoms with Gasteiger partial charge >= 0.3 is 0 Å². The minimum atomic E-state index is -0.225. The molecule has 156 valence electrons. The molecular formula is C29H27FO. The average Bonchev–Trinajstić information content (AvgIpc) is 2.81. The van der Waals surface area contributed by atoms with Crippen molar-refractivity contribution < 1.29 is 9.13 Å². The van der Waals surface area contributed by atoms with Crippen LogP contribution >= 0.6 is 0 Å². The van der Waals surface area contributed by atoms with Gasteiger partial charge in [-0.25, -0.2) is 4.39 Å². The first-order chi connectivity index (χ1) is 15.2. The Kier molecular flexibility index (Phi) is 6.47. The van der Waals surface area contributed by atoms with Gasteiger partial charge in [0.2, 0.25) is 0 Å². The van der Waals surface area contributed by atoms with Gasteiger partial charge in [0.15, 0.2) is 0 Å². The highest BCUT2D eigenvalue weighted by Crippen LogP contribution is 2.30. The predicted molar refractivity (Wildman–Crippen MR) is 128 cm³/mol. The maximum atomic E-state index is 14.9. The summed E-state index contributed by atoms with van der Waals surface area (Å²) in [6.07, 6.45) is 2.26. The third kappa shape index (κ3) is 4.86. The normalized spacial score (nSPS) is 10.8. The fourth-order valence-electron chi connectivity index (χ4n) is 3.83. The zero-order valence-corrected chi connectivity index (χ0v) is 18.1. The van der Waals surface area contributed by atoms with Gasteiger partial charge in [0.25, 0.3) is 0 Å². The molecule has 0 amide bonds. The van der Waals surface area contributed by atoms with E-state index in [4.69, 9.17) is 4.74 Å². The molecule has 0 radical (unpaired) electrons. The van der Waals surface area contributed by atoms with Crippen LogP contribution in [0.1, 0.15) is 25.8 Å². The summed E-state index contributed by atoms with van der Waals surface area (Å²) in [5.41, 5.74) is 7.04. The summed E-state index contributed by atoms with van der Waals surface area (Å²) in [6.45, 7) is 4.76. The van der Waals surface area contributed by atoms with Crippen LogP contribution in [0.15, 0.2) is 91.0 Å². The van der Waals surface area contributed by atoms with Gasteiger partial charge < -0.3 is 4.74 Å². The highest BCUT2D eigenvalue weighted by molar-refractivity contribution is 5.74. The third-order valence-corrected chi connectivity index (χ3v) is 5.49. The van der Waals surface area contributed by atoms with Crippen LogP contribution in [0.25, 0.3) is 33.4 Å². The molecule has 0 aromatic heterocycles. The molecule has 31 heavy (non-hydrogen) atoms. The van der Waals surface area contributed by atoms with E-state index in [2.05, 4.69) is 55.5 Å². The number of hydrogen-bond acceptors (Lipinski definition) is 1. The molecule has 0 unspecified atom stereocenters. The van der Waals surface area contributed by atoms with Crippen LogP contribution in [-0.4, -0.2) is 6.61 Å². The minimum absolute atomic E-state index is 0.225. The van der Waals surface area contributed by atoms with Gasteiger partial charge in [-0.2, -0.15) is 0 Å². The maximum Gasteiger partial charge on any atom is 0.131 e. The lowest BCUT2D eigenvalue weighted by atomic mass is 9.97. The second-order valence-electron chi connectivity index (χ2n) is 7.68. The van der Waals surface area contributed by atoms with E-state index in [9.17, 15) is 4.39 Å². The molecule has 0 aliphatic heterocycles. The highest BCUT2D eigenvalue weighted by atomic mass is 19.1. The Morgan fingerprint density at radius 2 is 1.13 bits per heavy atom. The van der Waals surface area contributed by atoms with Gasteiger partial charge in [0.05, 0.1) is 6.61 Å². The van der Waals surface area contributed by atoms with E-state index >= 15 is 0 Å². The van der Waals surface area contributed by atoms with Gasteiger partial charge in [0.1, 0.15) is 11.6 Å². The van der Waals surface area contributed by atoms with E-state index in [0.717, 1.165) is 35.3 Å². The quantitative estimate of drug-likeness (QED) is 0.298. The number of hydrogen-bond donors (Lipinski definition) is 0. The molecule has 2 heteroatoms. The maximum absolute atomic E-state index is 14.9. The molecule has 0 N–H and O–H groups in total. The van der Waals surface area contributed by atoms with E-state index in [-0.39, 0.29) is 5.82 Å². The average molecular weight is 411 g/mol. The van der Waals surface area contributed by atoms with E-state index < -0.39 is 0 Å². The van der Waals surface area contributed by atoms with Crippen LogP contribution in [0.4, 0.5) is 4.39 Å². The summed E-state index contributed by atoms with van der Waals surface area (Å²) in [4.78, 5) is 0. The lowest BCUT2D eigenvalue weighted by Gasteiger charge is -2.09. The second-order valence-corrected chi connectivity index (χ2v) is 7.68. The molecule has 0 fully saturated rings. The highest BCUT2D eigenvalue weighted by Gasteiger charge is 2.08. The zero-order valence-electron chi connectivity index (χ0n) is 18.1. The fraction of sp³-hybridized carbons (Fsp3) is 0.172. The minimum Gasteiger partial charge on any atom is -0.494 e. The molecule has 4 rings (SSSR count). The van der Waals surface area contributed by atoms with E-state index in [1.54, 1.807) is 6.07 Å². The monoisotopic (exact) mass is 410 g/mol. The summed E-state index contributed by atoms with van der Waals surface area (Å²) < 4.78 is 20.4. The Labute approximate surface area is 184 Å². The molecule has 0 spiro atoms. The predicted octanol–water partition coefficient (Wildman–Crippen LogP) is 8.18. The Bertz CT molecular complexity index is 1130. The lowest BCUT2D eigenvalue weighted by Crippen LogP contribution is -1.91. The van der Waals surface area contributed by atoms with Gasteiger partial charge in [0, 0.05) is 5.56 Å². The van der Waals surface area contributed by atoms with Crippen molar-refractivity contribution in [2.24, 2.45) is 0 Å². The summed E-state index contributed by atoms with van der Waals surface area (Å²) in [7, 11) is 0. The Balaban J connectivity index is 1.53. The summed E-state index contributed by atoms with van der Waals surface area (Å²) in [5, 5.41) is 0. The molecule has 0 saturated carbocycles. The number of ether oxygens (including phenoxy) is 1. The van der Waals surface area contributed by atoms with Crippen molar-refractivity contribution in [1.82, 2.24) is 0 Å². The molecule has 0 aliphatic carbocycles. The van der Waals surface area contributed by atoms with Crippen LogP contribution in [0, 0.1) is 5.82 Å². The van der Waals surface area contributed by atoms with Crippen molar-refractivity contribution in [1.29, 1.82) is 0 Å². The van der Waals surface area contributed by atoms with Crippen molar-refractivity contribution in [3.05, 3.63) is 102 Å². The topological polar surface area (TPSA) is 9.23 Å². The Hall–Kier alpha value is -3.39. The van der Waals surface area contributed by atoms with Gasteiger partial charge in [-0.3, -0.25) is 0 Å². The van der Waals surface area contributed by atoms with Crippen molar-refractivity contribution in [3.8, 4) is 39.1 Å². The molecule has 0 saturated heterocycles. The van der Waals surface area contributed by atoms with Crippen molar-refractivity contribution in [2.45, 2.75) is 26.7 Å². The van der Waals surface area contributed by atoms with E-state index in [1.807, 2.05) is 43.3 Å². The molecule has 4 aromatic carbocycles. The van der Waals surface area contributed by atoms with Crippen LogP contribution < -0.4 is 4.74 Å². The summed E-state index contributed by atoms with van der Waals surface area (Å²) >= 11 is 0. The summed E-state index contributed by atoms with van der Waals surface area (Å²) in [5.74, 6) is 0.570. The molecule has 0 aliphatic rings. The van der Waals surface area contributed by atoms with Crippen LogP contribution in [0.5, 0.6) is 5.75 Å². The largest absolute Gasteiger partial charge is 0.494 e. The number of halogens is 1. The molecule has 0 bridgehead atoms. The Morgan fingerprint density at radius 1 is 0.613 bits per heavy atom. The van der Waals surface area contributed by atoms with E-state index in [0.29, 0.717) is 12.2 Å². The van der Waals surface area contributed by atoms with Gasteiger partial charge in [-0.15, -0.1) is 0 Å². The first-order valence-electron chi connectivity index (χ1n) is 10.9. The number of rotatable bonds is 7. The van der Waals surface area contributed by atoms with Crippen LogP contribution in [-0.2, 0) is 6.42 Å². The van der Waals surface area contributed by atoms with Crippen molar-refractivity contribution >= 4 is 0 Å². The van der Waals surface area contributed by atoms with Crippen LogP contribution in [0.2, 0.25) is 0 Å². The SMILES string of the molecule is CCCc1ccc(-c2ccc(-c3ccc(-c4ccc(OCC)cc4)c(F)c3)cc2)cc1. The molecular weight excluding hydrogens is 383 g/mol. The standard InChI is InChI=1S/C29H27FO/c1-3-5-21-6-8-22(9-7-21)23-10-12-24(13-11-23)26-16-19-28(29(30)20-26)25-14-17-27(18-15-25)31-4-2/h6-20H,3-5H2,1-2H3. The molecule has 4 aromatic rings. The smallest absolute Gasteiger partial charge is 0.131 e.